The Labute approximate surface area is 98.2 Å². The number of carboxylic acids is 1. The molecule has 0 bridgehead atoms. The van der Waals surface area contributed by atoms with E-state index >= 15 is 0 Å². The van der Waals surface area contributed by atoms with Crippen molar-refractivity contribution >= 4 is 5.97 Å². The van der Waals surface area contributed by atoms with Gasteiger partial charge in [0.2, 0.25) is 0 Å². The van der Waals surface area contributed by atoms with E-state index in [0.717, 1.165) is 45.4 Å². The zero-order valence-electron chi connectivity index (χ0n) is 10.5. The number of carboxylic acid groups (broad SMARTS) is 1. The van der Waals surface area contributed by atoms with Gasteiger partial charge in [-0.1, -0.05) is 6.42 Å². The first-order valence-corrected chi connectivity index (χ1v) is 6.24. The zero-order chi connectivity index (χ0) is 12.0. The van der Waals surface area contributed by atoms with Crippen LogP contribution in [0.1, 0.15) is 32.6 Å². The fourth-order valence-electron chi connectivity index (χ4n) is 2.12. The molecule has 0 amide bonds. The Bertz CT molecular complexity index is 221. The maximum Gasteiger partial charge on any atom is 0.303 e. The molecule has 1 N–H and O–H groups in total. The lowest BCUT2D eigenvalue weighted by Crippen LogP contribution is -2.50. The van der Waals surface area contributed by atoms with E-state index < -0.39 is 5.97 Å². The standard InChI is InChI=1S/C12H24N2O2/c1-11-10-14(9-8-13(11)2)7-5-3-4-6-12(15)16/h11H,3-10H2,1-2H3,(H,15,16). The zero-order valence-corrected chi connectivity index (χ0v) is 10.5. The van der Waals surface area contributed by atoms with Crippen molar-refractivity contribution in [3.8, 4) is 0 Å². The first-order valence-electron chi connectivity index (χ1n) is 6.24. The number of piperazine rings is 1. The summed E-state index contributed by atoms with van der Waals surface area (Å²) in [5.74, 6) is -0.673. The Hall–Kier alpha value is -0.610. The van der Waals surface area contributed by atoms with E-state index in [1.807, 2.05) is 0 Å². The number of carbonyl (C=O) groups is 1. The monoisotopic (exact) mass is 228 g/mol. The van der Waals surface area contributed by atoms with Crippen LogP contribution >= 0.6 is 0 Å². The summed E-state index contributed by atoms with van der Waals surface area (Å²) >= 11 is 0. The lowest BCUT2D eigenvalue weighted by Gasteiger charge is -2.37. The number of rotatable bonds is 6. The highest BCUT2D eigenvalue weighted by molar-refractivity contribution is 5.66. The van der Waals surface area contributed by atoms with Crippen LogP contribution in [-0.2, 0) is 4.79 Å². The van der Waals surface area contributed by atoms with Crippen LogP contribution in [0.3, 0.4) is 0 Å². The Balaban J connectivity index is 2.03. The summed E-state index contributed by atoms with van der Waals surface area (Å²) in [5.41, 5.74) is 0. The smallest absolute Gasteiger partial charge is 0.303 e. The molecule has 1 aliphatic heterocycles. The molecule has 1 atom stereocenters. The van der Waals surface area contributed by atoms with Gasteiger partial charge in [-0.2, -0.15) is 0 Å². The van der Waals surface area contributed by atoms with Gasteiger partial charge < -0.3 is 14.9 Å². The number of unbranched alkanes of at least 4 members (excludes halogenated alkanes) is 2. The molecule has 1 fully saturated rings. The first kappa shape index (κ1) is 13.5. The van der Waals surface area contributed by atoms with Crippen molar-refractivity contribution in [1.82, 2.24) is 9.80 Å². The summed E-state index contributed by atoms with van der Waals surface area (Å²) in [6.45, 7) is 6.83. The van der Waals surface area contributed by atoms with E-state index in [1.165, 1.54) is 0 Å². The van der Waals surface area contributed by atoms with Crippen LogP contribution in [0.5, 0.6) is 0 Å². The molecule has 1 saturated heterocycles. The molecular weight excluding hydrogens is 204 g/mol. The van der Waals surface area contributed by atoms with Crippen molar-refractivity contribution in [2.75, 3.05) is 33.2 Å². The van der Waals surface area contributed by atoms with Crippen LogP contribution in [0.4, 0.5) is 0 Å². The molecule has 0 aromatic rings. The van der Waals surface area contributed by atoms with E-state index in [1.54, 1.807) is 0 Å². The topological polar surface area (TPSA) is 43.8 Å². The minimum absolute atomic E-state index is 0.319. The van der Waals surface area contributed by atoms with Crippen LogP contribution in [0, 0.1) is 0 Å². The highest BCUT2D eigenvalue weighted by Gasteiger charge is 2.19. The molecule has 0 aromatic heterocycles. The van der Waals surface area contributed by atoms with Crippen molar-refractivity contribution in [2.24, 2.45) is 0 Å². The van der Waals surface area contributed by atoms with Crippen LogP contribution in [0.25, 0.3) is 0 Å². The van der Waals surface area contributed by atoms with Crippen molar-refractivity contribution in [3.63, 3.8) is 0 Å². The van der Waals surface area contributed by atoms with E-state index in [-0.39, 0.29) is 0 Å². The van der Waals surface area contributed by atoms with E-state index in [9.17, 15) is 4.79 Å². The molecule has 1 rings (SSSR count). The number of hydrogen-bond acceptors (Lipinski definition) is 3. The summed E-state index contributed by atoms with van der Waals surface area (Å²) in [6.07, 6.45) is 3.30. The average Bonchev–Trinajstić information content (AvgIpc) is 2.22. The molecular formula is C12H24N2O2. The van der Waals surface area contributed by atoms with Crippen LogP contribution in [0.15, 0.2) is 0 Å². The first-order chi connectivity index (χ1) is 7.59. The fourth-order valence-corrected chi connectivity index (χ4v) is 2.12. The third kappa shape index (κ3) is 4.94. The number of nitrogens with zero attached hydrogens (tertiary/aromatic N) is 2. The van der Waals surface area contributed by atoms with Gasteiger partial charge >= 0.3 is 5.97 Å². The summed E-state index contributed by atoms with van der Waals surface area (Å²) < 4.78 is 0. The molecule has 4 heteroatoms. The molecule has 0 aromatic carbocycles. The van der Waals surface area contributed by atoms with Gasteiger partial charge in [0.05, 0.1) is 0 Å². The number of likely N-dealkylation sites (N-methyl/N-ethyl adjacent to an activating group) is 1. The highest BCUT2D eigenvalue weighted by atomic mass is 16.4. The predicted octanol–water partition coefficient (Wildman–Crippen LogP) is 1.27. The van der Waals surface area contributed by atoms with Crippen molar-refractivity contribution in [1.29, 1.82) is 0 Å². The normalized spacial score (nSPS) is 23.5. The molecule has 1 heterocycles. The van der Waals surface area contributed by atoms with Crippen LogP contribution < -0.4 is 0 Å². The molecule has 16 heavy (non-hydrogen) atoms. The maximum absolute atomic E-state index is 10.3. The lowest BCUT2D eigenvalue weighted by atomic mass is 10.1. The Morgan fingerprint density at radius 2 is 2.06 bits per heavy atom. The van der Waals surface area contributed by atoms with Crippen LogP contribution in [-0.4, -0.2) is 60.1 Å². The van der Waals surface area contributed by atoms with Gasteiger partial charge in [0.15, 0.2) is 0 Å². The molecule has 4 nitrogen and oxygen atoms in total. The molecule has 1 unspecified atom stereocenters. The Kier molecular flexibility index (Phi) is 5.77. The van der Waals surface area contributed by atoms with Gasteiger partial charge in [-0.25, -0.2) is 0 Å². The van der Waals surface area contributed by atoms with E-state index in [0.29, 0.717) is 12.5 Å². The second kappa shape index (κ2) is 6.86. The van der Waals surface area contributed by atoms with Gasteiger partial charge in [-0.05, 0) is 33.4 Å². The number of hydrogen-bond donors (Lipinski definition) is 1. The fraction of sp³-hybridized carbons (Fsp3) is 0.917. The minimum atomic E-state index is -0.673. The predicted molar refractivity (Wildman–Crippen MR) is 64.6 cm³/mol. The molecule has 0 aliphatic carbocycles. The van der Waals surface area contributed by atoms with Crippen molar-refractivity contribution in [3.05, 3.63) is 0 Å². The Morgan fingerprint density at radius 1 is 1.31 bits per heavy atom. The third-order valence-electron chi connectivity index (χ3n) is 3.41. The number of aliphatic carboxylic acids is 1. The quantitative estimate of drug-likeness (QED) is 0.695. The second-order valence-electron chi connectivity index (χ2n) is 4.83. The largest absolute Gasteiger partial charge is 0.481 e. The van der Waals surface area contributed by atoms with Crippen LogP contribution in [0.2, 0.25) is 0 Å². The molecule has 94 valence electrons. The van der Waals surface area contributed by atoms with Gasteiger partial charge in [0.25, 0.3) is 0 Å². The lowest BCUT2D eigenvalue weighted by molar-refractivity contribution is -0.137. The van der Waals surface area contributed by atoms with E-state index in [2.05, 4.69) is 23.8 Å². The molecule has 0 saturated carbocycles. The van der Waals surface area contributed by atoms with E-state index in [4.69, 9.17) is 5.11 Å². The third-order valence-corrected chi connectivity index (χ3v) is 3.41. The molecule has 0 radical (unpaired) electrons. The van der Waals surface area contributed by atoms with Gasteiger partial charge in [0.1, 0.15) is 0 Å². The van der Waals surface area contributed by atoms with Gasteiger partial charge in [-0.3, -0.25) is 4.79 Å². The molecule has 1 aliphatic rings. The SMILES string of the molecule is CC1CN(CCCCCC(=O)O)CCN1C. The summed E-state index contributed by atoms with van der Waals surface area (Å²) in [7, 11) is 2.18. The van der Waals surface area contributed by atoms with Crippen molar-refractivity contribution < 1.29 is 9.90 Å². The summed E-state index contributed by atoms with van der Waals surface area (Å²) in [4.78, 5) is 15.2. The maximum atomic E-state index is 10.3. The minimum Gasteiger partial charge on any atom is -0.481 e. The Morgan fingerprint density at radius 3 is 2.69 bits per heavy atom. The van der Waals surface area contributed by atoms with Gasteiger partial charge in [-0.15, -0.1) is 0 Å². The highest BCUT2D eigenvalue weighted by Crippen LogP contribution is 2.09. The second-order valence-corrected chi connectivity index (χ2v) is 4.83. The summed E-state index contributed by atoms with van der Waals surface area (Å²) in [5, 5.41) is 8.51. The van der Waals surface area contributed by atoms with Crippen molar-refractivity contribution in [2.45, 2.75) is 38.6 Å². The van der Waals surface area contributed by atoms with Gasteiger partial charge in [0, 0.05) is 32.1 Å². The summed E-state index contributed by atoms with van der Waals surface area (Å²) in [6, 6.07) is 0.646. The molecule has 0 spiro atoms. The average molecular weight is 228 g/mol.